The first kappa shape index (κ1) is 13.2. The Morgan fingerprint density at radius 3 is 2.50 bits per heavy atom. The first-order valence-electron chi connectivity index (χ1n) is 6.24. The summed E-state index contributed by atoms with van der Waals surface area (Å²) in [6, 6.07) is 9.26. The zero-order valence-electron chi connectivity index (χ0n) is 11.1. The number of nitrogens with two attached hydrogens (primary N) is 1. The van der Waals surface area contributed by atoms with Gasteiger partial charge in [-0.1, -0.05) is 45.0 Å². The molecule has 0 aliphatic carbocycles. The molecule has 0 amide bonds. The Bertz CT molecular complexity index is 320. The van der Waals surface area contributed by atoms with E-state index in [9.17, 15) is 0 Å². The highest BCUT2D eigenvalue weighted by atomic mass is 14.6. The second-order valence-corrected chi connectivity index (χ2v) is 5.82. The van der Waals surface area contributed by atoms with Crippen LogP contribution in [0, 0.1) is 0 Å². The molecule has 0 saturated heterocycles. The van der Waals surface area contributed by atoms with Crippen molar-refractivity contribution in [1.82, 2.24) is 0 Å². The van der Waals surface area contributed by atoms with E-state index in [2.05, 4.69) is 52.0 Å². The van der Waals surface area contributed by atoms with E-state index in [1.165, 1.54) is 17.5 Å². The fraction of sp³-hybridized carbons (Fsp3) is 0.600. The van der Waals surface area contributed by atoms with Crippen molar-refractivity contribution in [3.63, 3.8) is 0 Å². The van der Waals surface area contributed by atoms with Gasteiger partial charge in [-0.05, 0) is 42.7 Å². The Morgan fingerprint density at radius 2 is 1.94 bits per heavy atom. The van der Waals surface area contributed by atoms with Crippen LogP contribution in [0.3, 0.4) is 0 Å². The summed E-state index contributed by atoms with van der Waals surface area (Å²) in [6.45, 7) is 8.85. The zero-order chi connectivity index (χ0) is 12.2. The van der Waals surface area contributed by atoms with Crippen LogP contribution in [0.5, 0.6) is 0 Å². The molecule has 0 spiro atoms. The maximum absolute atomic E-state index is 5.76. The molecule has 16 heavy (non-hydrogen) atoms. The topological polar surface area (TPSA) is 26.0 Å². The lowest BCUT2D eigenvalue weighted by Gasteiger charge is -2.19. The SMILES string of the molecule is CC(N)CCCc1cccc(C(C)(C)C)c1. The fourth-order valence-electron chi connectivity index (χ4n) is 1.82. The van der Waals surface area contributed by atoms with Gasteiger partial charge in [0.05, 0.1) is 0 Å². The molecule has 1 unspecified atom stereocenters. The number of hydrogen-bond acceptors (Lipinski definition) is 1. The predicted octanol–water partition coefficient (Wildman–Crippen LogP) is 3.65. The molecule has 2 N–H and O–H groups in total. The Hall–Kier alpha value is -0.820. The molecule has 0 aliphatic rings. The van der Waals surface area contributed by atoms with Gasteiger partial charge in [0.1, 0.15) is 0 Å². The molecule has 1 atom stereocenters. The molecule has 0 fully saturated rings. The van der Waals surface area contributed by atoms with Crippen LogP contribution in [-0.4, -0.2) is 6.04 Å². The lowest BCUT2D eigenvalue weighted by Crippen LogP contribution is -2.14. The van der Waals surface area contributed by atoms with Gasteiger partial charge in [-0.15, -0.1) is 0 Å². The number of benzene rings is 1. The molecule has 1 nitrogen and oxygen atoms in total. The molecule has 0 aromatic heterocycles. The molecule has 0 heterocycles. The molecule has 1 heteroatoms. The summed E-state index contributed by atoms with van der Waals surface area (Å²) in [5.41, 5.74) is 8.86. The van der Waals surface area contributed by atoms with Gasteiger partial charge in [0.25, 0.3) is 0 Å². The van der Waals surface area contributed by atoms with Gasteiger partial charge in [0.2, 0.25) is 0 Å². The van der Waals surface area contributed by atoms with Crippen molar-refractivity contribution in [2.45, 2.75) is 58.4 Å². The molecular formula is C15H25N. The minimum absolute atomic E-state index is 0.247. The summed E-state index contributed by atoms with van der Waals surface area (Å²) in [5.74, 6) is 0. The maximum atomic E-state index is 5.76. The molecule has 0 radical (unpaired) electrons. The van der Waals surface area contributed by atoms with Gasteiger partial charge in [-0.2, -0.15) is 0 Å². The van der Waals surface area contributed by atoms with Crippen molar-refractivity contribution < 1.29 is 0 Å². The molecule has 0 bridgehead atoms. The molecule has 0 saturated carbocycles. The van der Waals surface area contributed by atoms with Crippen molar-refractivity contribution in [3.05, 3.63) is 35.4 Å². The van der Waals surface area contributed by atoms with E-state index in [1.807, 2.05) is 0 Å². The average Bonchev–Trinajstić information content (AvgIpc) is 2.16. The minimum Gasteiger partial charge on any atom is -0.328 e. The Balaban J connectivity index is 2.61. The lowest BCUT2D eigenvalue weighted by atomic mass is 9.86. The first-order valence-corrected chi connectivity index (χ1v) is 6.24. The van der Waals surface area contributed by atoms with E-state index < -0.39 is 0 Å². The van der Waals surface area contributed by atoms with Gasteiger partial charge < -0.3 is 5.73 Å². The van der Waals surface area contributed by atoms with Crippen molar-refractivity contribution in [3.8, 4) is 0 Å². The van der Waals surface area contributed by atoms with E-state index in [0.717, 1.165) is 12.8 Å². The number of rotatable bonds is 4. The van der Waals surface area contributed by atoms with Crippen LogP contribution in [0.15, 0.2) is 24.3 Å². The van der Waals surface area contributed by atoms with Crippen LogP contribution < -0.4 is 5.73 Å². The third-order valence-electron chi connectivity index (χ3n) is 2.92. The largest absolute Gasteiger partial charge is 0.328 e. The fourth-order valence-corrected chi connectivity index (χ4v) is 1.82. The van der Waals surface area contributed by atoms with Gasteiger partial charge in [-0.25, -0.2) is 0 Å². The van der Waals surface area contributed by atoms with Crippen molar-refractivity contribution in [2.24, 2.45) is 5.73 Å². The Labute approximate surface area is 100 Å². The smallest absolute Gasteiger partial charge is 0.00105 e. The lowest BCUT2D eigenvalue weighted by molar-refractivity contribution is 0.587. The number of aryl methyl sites for hydroxylation is 1. The molecular weight excluding hydrogens is 194 g/mol. The molecule has 1 aromatic carbocycles. The Morgan fingerprint density at radius 1 is 1.25 bits per heavy atom. The third kappa shape index (κ3) is 4.36. The van der Waals surface area contributed by atoms with E-state index in [1.54, 1.807) is 0 Å². The summed E-state index contributed by atoms with van der Waals surface area (Å²) in [6.07, 6.45) is 3.44. The molecule has 1 rings (SSSR count). The summed E-state index contributed by atoms with van der Waals surface area (Å²) < 4.78 is 0. The minimum atomic E-state index is 0.247. The summed E-state index contributed by atoms with van der Waals surface area (Å²) >= 11 is 0. The number of hydrogen-bond donors (Lipinski definition) is 1. The normalized spacial score (nSPS) is 13.8. The second-order valence-electron chi connectivity index (χ2n) is 5.82. The van der Waals surface area contributed by atoms with Gasteiger partial charge in [0.15, 0.2) is 0 Å². The zero-order valence-corrected chi connectivity index (χ0v) is 11.1. The highest BCUT2D eigenvalue weighted by Crippen LogP contribution is 2.23. The quantitative estimate of drug-likeness (QED) is 0.822. The van der Waals surface area contributed by atoms with Crippen LogP contribution in [0.1, 0.15) is 51.7 Å². The molecule has 90 valence electrons. The van der Waals surface area contributed by atoms with Crippen LogP contribution in [0.25, 0.3) is 0 Å². The van der Waals surface area contributed by atoms with Gasteiger partial charge in [-0.3, -0.25) is 0 Å². The standard InChI is InChI=1S/C15H25N/c1-12(16)7-5-8-13-9-6-10-14(11-13)15(2,3)4/h6,9-12H,5,7-8,16H2,1-4H3. The maximum Gasteiger partial charge on any atom is 0.00105 e. The summed E-state index contributed by atoms with van der Waals surface area (Å²) in [7, 11) is 0. The van der Waals surface area contributed by atoms with E-state index in [-0.39, 0.29) is 5.41 Å². The average molecular weight is 219 g/mol. The van der Waals surface area contributed by atoms with Crippen molar-refractivity contribution in [2.75, 3.05) is 0 Å². The highest BCUT2D eigenvalue weighted by molar-refractivity contribution is 5.28. The molecule has 0 aliphatic heterocycles. The van der Waals surface area contributed by atoms with E-state index in [4.69, 9.17) is 5.73 Å². The van der Waals surface area contributed by atoms with Crippen LogP contribution >= 0.6 is 0 Å². The molecule has 1 aromatic rings. The summed E-state index contributed by atoms with van der Waals surface area (Å²) in [4.78, 5) is 0. The van der Waals surface area contributed by atoms with Gasteiger partial charge in [0, 0.05) is 6.04 Å². The van der Waals surface area contributed by atoms with E-state index in [0.29, 0.717) is 6.04 Å². The summed E-state index contributed by atoms with van der Waals surface area (Å²) in [5, 5.41) is 0. The third-order valence-corrected chi connectivity index (χ3v) is 2.92. The van der Waals surface area contributed by atoms with Crippen molar-refractivity contribution >= 4 is 0 Å². The monoisotopic (exact) mass is 219 g/mol. The predicted molar refractivity (Wildman–Crippen MR) is 71.7 cm³/mol. The van der Waals surface area contributed by atoms with Crippen LogP contribution in [0.2, 0.25) is 0 Å². The van der Waals surface area contributed by atoms with Gasteiger partial charge >= 0.3 is 0 Å². The highest BCUT2D eigenvalue weighted by Gasteiger charge is 2.13. The van der Waals surface area contributed by atoms with Crippen molar-refractivity contribution in [1.29, 1.82) is 0 Å². The van der Waals surface area contributed by atoms with E-state index >= 15 is 0 Å². The first-order chi connectivity index (χ1) is 7.39. The Kier molecular flexibility index (Phi) is 4.55. The van der Waals surface area contributed by atoms with Crippen LogP contribution in [-0.2, 0) is 11.8 Å². The second kappa shape index (κ2) is 5.49. The van der Waals surface area contributed by atoms with Crippen LogP contribution in [0.4, 0.5) is 0 Å².